The smallest absolute Gasteiger partial charge is 0.465 e. The molecule has 35 heavy (non-hydrogen) atoms. The van der Waals surface area contributed by atoms with Crippen LogP contribution in [0.3, 0.4) is 0 Å². The maximum Gasteiger partial charge on any atom is 0.534 e. The standard InChI is InChI=1S/C24H29F3N2O5S/c1-22(2,3)23(15-18-9-11-20(12-10-18)34-35(32,33)24(25,26)27)17-28(13-14-29(23)21(30)31)16-19-7-5-4-6-8-19/h4-12H,13-17H2,1-3H3,(H,30,31)/t23-/m0/s1. The second-order valence-corrected chi connectivity index (χ2v) is 11.3. The zero-order valence-corrected chi connectivity index (χ0v) is 20.6. The topological polar surface area (TPSA) is 87.2 Å². The largest absolute Gasteiger partial charge is 0.534 e. The molecule has 3 rings (SSSR count). The quantitative estimate of drug-likeness (QED) is 0.443. The normalized spacial score (nSPS) is 20.0. The summed E-state index contributed by atoms with van der Waals surface area (Å²) >= 11 is 0. The Kier molecular flexibility index (Phi) is 7.42. The molecule has 11 heteroatoms. The average Bonchev–Trinajstić information content (AvgIpc) is 2.74. The van der Waals surface area contributed by atoms with E-state index >= 15 is 0 Å². The summed E-state index contributed by atoms with van der Waals surface area (Å²) in [7, 11) is -5.78. The minimum Gasteiger partial charge on any atom is -0.465 e. The monoisotopic (exact) mass is 514 g/mol. The fourth-order valence-electron chi connectivity index (χ4n) is 4.48. The van der Waals surface area contributed by atoms with E-state index in [0.29, 0.717) is 31.7 Å². The Morgan fingerprint density at radius 3 is 2.11 bits per heavy atom. The molecule has 0 radical (unpaired) electrons. The molecule has 1 aliphatic rings. The van der Waals surface area contributed by atoms with Crippen molar-refractivity contribution in [2.75, 3.05) is 19.6 Å². The van der Waals surface area contributed by atoms with Crippen molar-refractivity contribution in [2.45, 2.75) is 44.8 Å². The molecule has 0 spiro atoms. The Morgan fingerprint density at radius 2 is 1.60 bits per heavy atom. The lowest BCUT2D eigenvalue weighted by Crippen LogP contribution is -2.69. The van der Waals surface area contributed by atoms with Crippen LogP contribution in [0.2, 0.25) is 0 Å². The zero-order valence-electron chi connectivity index (χ0n) is 19.7. The molecule has 0 unspecified atom stereocenters. The van der Waals surface area contributed by atoms with Crippen molar-refractivity contribution >= 4 is 16.2 Å². The maximum atomic E-state index is 12.6. The number of hydrogen-bond donors (Lipinski definition) is 1. The molecule has 1 heterocycles. The summed E-state index contributed by atoms with van der Waals surface area (Å²) in [6.45, 7) is 7.82. The van der Waals surface area contributed by atoms with Crippen LogP contribution in [0.25, 0.3) is 0 Å². The van der Waals surface area contributed by atoms with E-state index in [2.05, 4.69) is 9.08 Å². The first-order chi connectivity index (χ1) is 16.1. The van der Waals surface area contributed by atoms with Gasteiger partial charge in [-0.3, -0.25) is 9.80 Å². The lowest BCUT2D eigenvalue weighted by molar-refractivity contribution is -0.0576. The first-order valence-corrected chi connectivity index (χ1v) is 12.4. The van der Waals surface area contributed by atoms with Crippen molar-refractivity contribution in [1.29, 1.82) is 0 Å². The van der Waals surface area contributed by atoms with E-state index in [0.717, 1.165) is 17.7 Å². The summed E-state index contributed by atoms with van der Waals surface area (Å²) < 4.78 is 64.6. The number of halogens is 3. The van der Waals surface area contributed by atoms with Crippen molar-refractivity contribution in [3.8, 4) is 5.75 Å². The lowest BCUT2D eigenvalue weighted by atomic mass is 9.67. The molecule has 1 atom stereocenters. The number of hydrogen-bond acceptors (Lipinski definition) is 5. The van der Waals surface area contributed by atoms with Gasteiger partial charge in [0.2, 0.25) is 0 Å². The van der Waals surface area contributed by atoms with Crippen molar-refractivity contribution in [3.05, 3.63) is 65.7 Å². The van der Waals surface area contributed by atoms with Gasteiger partial charge in [0, 0.05) is 26.2 Å². The molecule has 1 amide bonds. The predicted octanol–water partition coefficient (Wildman–Crippen LogP) is 4.74. The molecule has 0 bridgehead atoms. The van der Waals surface area contributed by atoms with Gasteiger partial charge in [-0.15, -0.1) is 0 Å². The van der Waals surface area contributed by atoms with Crippen LogP contribution in [0.1, 0.15) is 31.9 Å². The van der Waals surface area contributed by atoms with Crippen molar-refractivity contribution in [3.63, 3.8) is 0 Å². The van der Waals surface area contributed by atoms with E-state index in [1.165, 1.54) is 17.0 Å². The minimum absolute atomic E-state index is 0.278. The highest BCUT2D eigenvalue weighted by atomic mass is 32.2. The van der Waals surface area contributed by atoms with Crippen LogP contribution < -0.4 is 4.18 Å². The second kappa shape index (κ2) is 9.69. The molecule has 2 aromatic carbocycles. The van der Waals surface area contributed by atoms with Gasteiger partial charge in [0.05, 0.1) is 5.54 Å². The zero-order chi connectivity index (χ0) is 26.1. The molecule has 192 valence electrons. The Hall–Kier alpha value is -2.79. The lowest BCUT2D eigenvalue weighted by Gasteiger charge is -2.56. The van der Waals surface area contributed by atoms with E-state index in [-0.39, 0.29) is 6.42 Å². The van der Waals surface area contributed by atoms with Gasteiger partial charge in [0.25, 0.3) is 0 Å². The summed E-state index contributed by atoms with van der Waals surface area (Å²) in [5, 5.41) is 10.1. The van der Waals surface area contributed by atoms with Crippen LogP contribution in [0, 0.1) is 5.41 Å². The minimum atomic E-state index is -5.78. The number of benzene rings is 2. The third kappa shape index (κ3) is 5.90. The fourth-order valence-corrected chi connectivity index (χ4v) is 4.94. The van der Waals surface area contributed by atoms with Gasteiger partial charge in [0.1, 0.15) is 5.75 Å². The van der Waals surface area contributed by atoms with Crippen molar-refractivity contribution in [2.24, 2.45) is 5.41 Å². The van der Waals surface area contributed by atoms with Crippen molar-refractivity contribution < 1.29 is 35.7 Å². The van der Waals surface area contributed by atoms with Gasteiger partial charge in [0.15, 0.2) is 0 Å². The van der Waals surface area contributed by atoms with Gasteiger partial charge in [-0.05, 0) is 35.1 Å². The van der Waals surface area contributed by atoms with Crippen molar-refractivity contribution in [1.82, 2.24) is 9.80 Å². The number of rotatable bonds is 6. The SMILES string of the molecule is CC(C)(C)[C@]1(Cc2ccc(OS(=O)(=O)C(F)(F)F)cc2)CN(Cc2ccccc2)CCN1C(=O)O. The molecular weight excluding hydrogens is 485 g/mol. The first kappa shape index (κ1) is 26.8. The van der Waals surface area contributed by atoms with Gasteiger partial charge in [-0.25, -0.2) is 4.79 Å². The van der Waals surface area contributed by atoms with E-state index in [4.69, 9.17) is 0 Å². The van der Waals surface area contributed by atoms with Crippen LogP contribution in [0.5, 0.6) is 5.75 Å². The summed E-state index contributed by atoms with van der Waals surface area (Å²) in [6.07, 6.45) is -0.768. The molecule has 0 aliphatic carbocycles. The van der Waals surface area contributed by atoms with Crippen LogP contribution in [0.4, 0.5) is 18.0 Å². The highest BCUT2D eigenvalue weighted by Crippen LogP contribution is 2.42. The van der Waals surface area contributed by atoms with Crippen LogP contribution in [-0.4, -0.2) is 60.1 Å². The number of carboxylic acid groups (broad SMARTS) is 1. The highest BCUT2D eigenvalue weighted by Gasteiger charge is 2.52. The van der Waals surface area contributed by atoms with Crippen LogP contribution >= 0.6 is 0 Å². The van der Waals surface area contributed by atoms with E-state index in [1.807, 2.05) is 51.1 Å². The molecule has 1 aliphatic heterocycles. The maximum absolute atomic E-state index is 12.6. The van der Waals surface area contributed by atoms with Gasteiger partial charge in [-0.2, -0.15) is 21.6 Å². The predicted molar refractivity (Wildman–Crippen MR) is 124 cm³/mol. The summed E-state index contributed by atoms with van der Waals surface area (Å²) in [5.74, 6) is -0.472. The Bertz CT molecular complexity index is 1130. The second-order valence-electron chi connectivity index (χ2n) is 9.72. The number of nitrogens with zero attached hydrogens (tertiary/aromatic N) is 2. The van der Waals surface area contributed by atoms with E-state index < -0.39 is 38.4 Å². The highest BCUT2D eigenvalue weighted by molar-refractivity contribution is 7.88. The Morgan fingerprint density at radius 1 is 1.00 bits per heavy atom. The molecule has 2 aromatic rings. The van der Waals surface area contributed by atoms with Gasteiger partial charge >= 0.3 is 21.7 Å². The van der Waals surface area contributed by atoms with Gasteiger partial charge in [-0.1, -0.05) is 63.2 Å². The Labute approximate surface area is 203 Å². The molecule has 7 nitrogen and oxygen atoms in total. The first-order valence-electron chi connectivity index (χ1n) is 11.0. The summed E-state index contributed by atoms with van der Waals surface area (Å²) in [5.41, 5.74) is -5.15. The molecule has 0 saturated carbocycles. The number of alkyl halides is 3. The number of carbonyl (C=O) groups is 1. The average molecular weight is 515 g/mol. The fraction of sp³-hybridized carbons (Fsp3) is 0.458. The van der Waals surface area contributed by atoms with E-state index in [9.17, 15) is 31.5 Å². The molecular formula is C24H29F3N2O5S. The summed E-state index contributed by atoms with van der Waals surface area (Å²) in [6, 6.07) is 15.1. The third-order valence-electron chi connectivity index (χ3n) is 6.43. The van der Waals surface area contributed by atoms with Crippen LogP contribution in [0.15, 0.2) is 54.6 Å². The molecule has 1 N–H and O–H groups in total. The molecule has 0 aromatic heterocycles. The van der Waals surface area contributed by atoms with E-state index in [1.54, 1.807) is 0 Å². The molecule has 1 saturated heterocycles. The van der Waals surface area contributed by atoms with Crippen LogP contribution in [-0.2, 0) is 23.1 Å². The number of amides is 1. The number of piperazine rings is 1. The summed E-state index contributed by atoms with van der Waals surface area (Å²) in [4.78, 5) is 15.9. The molecule has 1 fully saturated rings. The Balaban J connectivity index is 1.90. The third-order valence-corrected chi connectivity index (χ3v) is 7.41. The van der Waals surface area contributed by atoms with Gasteiger partial charge < -0.3 is 9.29 Å².